The Morgan fingerprint density at radius 1 is 1.24 bits per heavy atom. The average molecular weight is 231 g/mol. The number of rotatable bonds is 2. The first kappa shape index (κ1) is 12.2. The molecule has 0 radical (unpaired) electrons. The molecule has 0 saturated heterocycles. The quantitative estimate of drug-likeness (QED) is 0.828. The molecule has 1 aliphatic carbocycles. The molecule has 1 aromatic rings. The predicted molar refractivity (Wildman–Crippen MR) is 71.0 cm³/mol. The Hall–Kier alpha value is -1.31. The van der Waals surface area contributed by atoms with Gasteiger partial charge in [0.1, 0.15) is 0 Å². The van der Waals surface area contributed by atoms with Crippen molar-refractivity contribution in [2.75, 3.05) is 5.32 Å². The largest absolute Gasteiger partial charge is 0.326 e. The molecule has 2 atom stereocenters. The molecule has 1 amide bonds. The highest BCUT2D eigenvalue weighted by atomic mass is 16.2. The van der Waals surface area contributed by atoms with E-state index in [1.54, 1.807) is 0 Å². The first-order valence-electron chi connectivity index (χ1n) is 6.29. The SMILES string of the molecule is C[C@H]1C[C@@H]1C(=O)Nc1ccc(C(C)(C)C)cc1. The zero-order chi connectivity index (χ0) is 12.6. The maximum absolute atomic E-state index is 11.8. The molecular weight excluding hydrogens is 210 g/mol. The van der Waals surface area contributed by atoms with E-state index in [2.05, 4.69) is 45.1 Å². The lowest BCUT2D eigenvalue weighted by atomic mass is 9.87. The van der Waals surface area contributed by atoms with Gasteiger partial charge >= 0.3 is 0 Å². The van der Waals surface area contributed by atoms with Gasteiger partial charge in [-0.25, -0.2) is 0 Å². The van der Waals surface area contributed by atoms with Crippen molar-refractivity contribution in [2.24, 2.45) is 11.8 Å². The Labute approximate surface area is 103 Å². The lowest BCUT2D eigenvalue weighted by Crippen LogP contribution is -2.15. The summed E-state index contributed by atoms with van der Waals surface area (Å²) in [7, 11) is 0. The minimum Gasteiger partial charge on any atom is -0.326 e. The highest BCUT2D eigenvalue weighted by Gasteiger charge is 2.39. The van der Waals surface area contributed by atoms with Gasteiger partial charge in [0.2, 0.25) is 5.91 Å². The third-order valence-corrected chi connectivity index (χ3v) is 3.46. The molecule has 2 nitrogen and oxygen atoms in total. The molecule has 0 unspecified atom stereocenters. The zero-order valence-electron chi connectivity index (χ0n) is 11.1. The first-order valence-corrected chi connectivity index (χ1v) is 6.29. The van der Waals surface area contributed by atoms with Crippen LogP contribution in [0.5, 0.6) is 0 Å². The highest BCUT2D eigenvalue weighted by molar-refractivity contribution is 5.94. The molecule has 92 valence electrons. The Kier molecular flexibility index (Phi) is 2.98. The Morgan fingerprint density at radius 3 is 2.18 bits per heavy atom. The van der Waals surface area contributed by atoms with Gasteiger partial charge in [0.15, 0.2) is 0 Å². The van der Waals surface area contributed by atoms with Gasteiger partial charge in [-0.05, 0) is 35.4 Å². The van der Waals surface area contributed by atoms with Gasteiger partial charge in [-0.15, -0.1) is 0 Å². The van der Waals surface area contributed by atoms with Crippen LogP contribution in [0.2, 0.25) is 0 Å². The second-order valence-electron chi connectivity index (χ2n) is 6.14. The standard InChI is InChI=1S/C15H21NO/c1-10-9-13(10)14(17)16-12-7-5-11(6-8-12)15(2,3)4/h5-8,10,13H,9H2,1-4H3,(H,16,17)/t10-,13-/m0/s1. The van der Waals surface area contributed by atoms with E-state index in [1.807, 2.05) is 12.1 Å². The Bertz CT molecular complexity index is 414. The van der Waals surface area contributed by atoms with Crippen LogP contribution in [0.1, 0.15) is 39.7 Å². The van der Waals surface area contributed by atoms with E-state index in [1.165, 1.54) is 5.56 Å². The van der Waals surface area contributed by atoms with E-state index < -0.39 is 0 Å². The molecule has 0 heterocycles. The second kappa shape index (κ2) is 4.17. The van der Waals surface area contributed by atoms with Crippen molar-refractivity contribution in [3.05, 3.63) is 29.8 Å². The van der Waals surface area contributed by atoms with Gasteiger partial charge in [0.25, 0.3) is 0 Å². The maximum Gasteiger partial charge on any atom is 0.227 e. The molecule has 2 heteroatoms. The number of amides is 1. The van der Waals surface area contributed by atoms with E-state index >= 15 is 0 Å². The van der Waals surface area contributed by atoms with Crippen LogP contribution in [-0.4, -0.2) is 5.91 Å². The van der Waals surface area contributed by atoms with Gasteiger partial charge in [-0.2, -0.15) is 0 Å². The summed E-state index contributed by atoms with van der Waals surface area (Å²) < 4.78 is 0. The minimum atomic E-state index is 0.160. The average Bonchev–Trinajstić information content (AvgIpc) is 2.95. The summed E-state index contributed by atoms with van der Waals surface area (Å²) in [6.45, 7) is 8.68. The third-order valence-electron chi connectivity index (χ3n) is 3.46. The summed E-state index contributed by atoms with van der Waals surface area (Å²) in [5, 5.41) is 2.97. The third kappa shape index (κ3) is 2.87. The van der Waals surface area contributed by atoms with Crippen LogP contribution >= 0.6 is 0 Å². The van der Waals surface area contributed by atoms with Crippen LogP contribution in [0.3, 0.4) is 0 Å². The predicted octanol–water partition coefficient (Wildman–Crippen LogP) is 3.58. The molecule has 1 aromatic carbocycles. The Balaban J connectivity index is 2.01. The van der Waals surface area contributed by atoms with Gasteiger partial charge in [-0.1, -0.05) is 39.8 Å². The summed E-state index contributed by atoms with van der Waals surface area (Å²) in [6.07, 6.45) is 1.03. The van der Waals surface area contributed by atoms with Crippen molar-refractivity contribution in [3.8, 4) is 0 Å². The van der Waals surface area contributed by atoms with E-state index in [0.717, 1.165) is 12.1 Å². The molecule has 1 N–H and O–H groups in total. The molecule has 0 bridgehead atoms. The number of nitrogens with one attached hydrogen (secondary N) is 1. The number of benzene rings is 1. The molecule has 2 rings (SSSR count). The molecule has 0 spiro atoms. The normalized spacial score (nSPS) is 23.3. The molecule has 0 aliphatic heterocycles. The first-order chi connectivity index (χ1) is 7.88. The lowest BCUT2D eigenvalue weighted by molar-refractivity contribution is -0.117. The summed E-state index contributed by atoms with van der Waals surface area (Å²) in [6, 6.07) is 8.16. The van der Waals surface area contributed by atoms with Crippen LogP contribution in [0, 0.1) is 11.8 Å². The summed E-state index contributed by atoms with van der Waals surface area (Å²) >= 11 is 0. The van der Waals surface area contributed by atoms with Crippen molar-refractivity contribution in [3.63, 3.8) is 0 Å². The smallest absolute Gasteiger partial charge is 0.227 e. The van der Waals surface area contributed by atoms with Gasteiger partial charge in [0, 0.05) is 11.6 Å². The van der Waals surface area contributed by atoms with Gasteiger partial charge in [0.05, 0.1) is 0 Å². The van der Waals surface area contributed by atoms with Crippen molar-refractivity contribution >= 4 is 11.6 Å². The van der Waals surface area contributed by atoms with Crippen molar-refractivity contribution in [2.45, 2.75) is 39.5 Å². The number of carbonyl (C=O) groups is 1. The van der Waals surface area contributed by atoms with Crippen LogP contribution in [0.25, 0.3) is 0 Å². The summed E-state index contributed by atoms with van der Waals surface area (Å²) in [5.41, 5.74) is 2.35. The van der Waals surface area contributed by atoms with Crippen LogP contribution in [-0.2, 0) is 10.2 Å². The number of hydrogen-bond donors (Lipinski definition) is 1. The van der Waals surface area contributed by atoms with Crippen molar-refractivity contribution in [1.29, 1.82) is 0 Å². The van der Waals surface area contributed by atoms with Crippen LogP contribution < -0.4 is 5.32 Å². The fourth-order valence-electron chi connectivity index (χ4n) is 1.98. The molecule has 1 fully saturated rings. The van der Waals surface area contributed by atoms with E-state index in [0.29, 0.717) is 5.92 Å². The summed E-state index contributed by atoms with van der Waals surface area (Å²) in [5.74, 6) is 0.960. The lowest BCUT2D eigenvalue weighted by Gasteiger charge is -2.19. The van der Waals surface area contributed by atoms with Crippen LogP contribution in [0.15, 0.2) is 24.3 Å². The fourth-order valence-corrected chi connectivity index (χ4v) is 1.98. The van der Waals surface area contributed by atoms with Crippen LogP contribution in [0.4, 0.5) is 5.69 Å². The van der Waals surface area contributed by atoms with Gasteiger partial charge < -0.3 is 5.32 Å². The highest BCUT2D eigenvalue weighted by Crippen LogP contribution is 2.38. The number of hydrogen-bond acceptors (Lipinski definition) is 1. The molecule has 17 heavy (non-hydrogen) atoms. The van der Waals surface area contributed by atoms with E-state index in [9.17, 15) is 4.79 Å². The fraction of sp³-hybridized carbons (Fsp3) is 0.533. The number of anilines is 1. The van der Waals surface area contributed by atoms with Gasteiger partial charge in [-0.3, -0.25) is 4.79 Å². The summed E-state index contributed by atoms with van der Waals surface area (Å²) in [4.78, 5) is 11.8. The van der Waals surface area contributed by atoms with E-state index in [-0.39, 0.29) is 17.2 Å². The topological polar surface area (TPSA) is 29.1 Å². The van der Waals surface area contributed by atoms with Crippen molar-refractivity contribution < 1.29 is 4.79 Å². The Morgan fingerprint density at radius 2 is 1.76 bits per heavy atom. The molecule has 0 aromatic heterocycles. The maximum atomic E-state index is 11.8. The monoisotopic (exact) mass is 231 g/mol. The van der Waals surface area contributed by atoms with E-state index in [4.69, 9.17) is 0 Å². The second-order valence-corrected chi connectivity index (χ2v) is 6.14. The number of carbonyl (C=O) groups excluding carboxylic acids is 1. The molecular formula is C15H21NO. The minimum absolute atomic E-state index is 0.160. The zero-order valence-corrected chi connectivity index (χ0v) is 11.1. The molecule has 1 saturated carbocycles. The molecule has 1 aliphatic rings. The van der Waals surface area contributed by atoms with Crippen molar-refractivity contribution in [1.82, 2.24) is 0 Å².